The number of anilines is 1. The minimum Gasteiger partial charge on any atom is -0.497 e. The van der Waals surface area contributed by atoms with E-state index >= 15 is 0 Å². The number of hydrogen-bond donors (Lipinski definition) is 0. The molecule has 210 valence electrons. The molecule has 1 heterocycles. The lowest BCUT2D eigenvalue weighted by molar-refractivity contribution is -0.137. The van der Waals surface area contributed by atoms with E-state index in [-0.39, 0.29) is 5.02 Å². The molecule has 40 heavy (non-hydrogen) atoms. The second-order valence-corrected chi connectivity index (χ2v) is 10.4. The fourth-order valence-corrected chi connectivity index (χ4v) is 5.40. The maximum absolute atomic E-state index is 13.8. The normalized spacial score (nSPS) is 12.3. The van der Waals surface area contributed by atoms with Gasteiger partial charge in [0.2, 0.25) is 5.95 Å². The van der Waals surface area contributed by atoms with Crippen molar-refractivity contribution in [3.8, 4) is 11.5 Å². The highest BCUT2D eigenvalue weighted by atomic mass is 35.5. The van der Waals surface area contributed by atoms with Crippen LogP contribution in [0.1, 0.15) is 28.7 Å². The van der Waals surface area contributed by atoms with E-state index in [9.17, 15) is 17.6 Å². The van der Waals surface area contributed by atoms with Crippen LogP contribution in [0, 0.1) is 5.95 Å². The molecule has 0 radical (unpaired) electrons. The van der Waals surface area contributed by atoms with Crippen molar-refractivity contribution in [3.05, 3.63) is 112 Å². The van der Waals surface area contributed by atoms with Crippen LogP contribution in [0.4, 0.5) is 23.4 Å². The van der Waals surface area contributed by atoms with E-state index in [1.54, 1.807) is 32.2 Å². The third-order valence-electron chi connectivity index (χ3n) is 6.20. The van der Waals surface area contributed by atoms with Crippen LogP contribution >= 0.6 is 23.5 Å². The molecule has 0 N–H and O–H groups in total. The highest BCUT2D eigenvalue weighted by Gasteiger charge is 2.30. The zero-order valence-corrected chi connectivity index (χ0v) is 23.4. The van der Waals surface area contributed by atoms with Crippen LogP contribution in [0.15, 0.2) is 83.8 Å². The molecule has 0 atom stereocenters. The molecule has 5 rings (SSSR count). The van der Waals surface area contributed by atoms with E-state index in [1.165, 1.54) is 35.7 Å². The number of pyridine rings is 1. The van der Waals surface area contributed by atoms with Crippen molar-refractivity contribution in [2.24, 2.45) is 0 Å². The molecule has 0 spiro atoms. The molecule has 3 aromatic carbocycles. The largest absolute Gasteiger partial charge is 0.497 e. The minimum absolute atomic E-state index is 0.0971. The maximum Gasteiger partial charge on any atom is 0.416 e. The Balaban J connectivity index is 0.000000283. The molecule has 0 fully saturated rings. The van der Waals surface area contributed by atoms with Gasteiger partial charge in [-0.3, -0.25) is 4.31 Å². The number of hydrogen-bond acceptors (Lipinski definition) is 5. The molecule has 4 aromatic rings. The topological polar surface area (TPSA) is 34.6 Å². The Morgan fingerprint density at radius 2 is 1.68 bits per heavy atom. The predicted molar refractivity (Wildman–Crippen MR) is 151 cm³/mol. The summed E-state index contributed by atoms with van der Waals surface area (Å²) >= 11 is 6.91. The molecule has 10 heteroatoms. The van der Waals surface area contributed by atoms with Crippen molar-refractivity contribution < 1.29 is 27.0 Å². The second kappa shape index (κ2) is 13.3. The van der Waals surface area contributed by atoms with Crippen molar-refractivity contribution in [1.82, 2.24) is 4.98 Å². The Kier molecular flexibility index (Phi) is 9.81. The molecule has 1 aromatic heterocycles. The highest BCUT2D eigenvalue weighted by Crippen LogP contribution is 2.35. The van der Waals surface area contributed by atoms with E-state index in [0.717, 1.165) is 46.9 Å². The van der Waals surface area contributed by atoms with E-state index in [0.29, 0.717) is 12.4 Å². The fraction of sp³-hybridized carbons (Fsp3) is 0.233. The third-order valence-corrected chi connectivity index (χ3v) is 7.44. The van der Waals surface area contributed by atoms with Crippen molar-refractivity contribution in [2.45, 2.75) is 36.9 Å². The van der Waals surface area contributed by atoms with Crippen LogP contribution in [-0.4, -0.2) is 19.2 Å². The maximum atomic E-state index is 13.8. The zero-order valence-electron chi connectivity index (χ0n) is 21.8. The molecule has 1 aliphatic carbocycles. The van der Waals surface area contributed by atoms with Crippen molar-refractivity contribution in [2.75, 3.05) is 18.5 Å². The van der Waals surface area contributed by atoms with Crippen LogP contribution in [0.5, 0.6) is 11.5 Å². The number of rotatable bonds is 7. The molecule has 0 bridgehead atoms. The number of aryl methyl sites for hydroxylation is 2. The molecule has 0 aliphatic heterocycles. The lowest BCUT2D eigenvalue weighted by atomic mass is 10.1. The van der Waals surface area contributed by atoms with Crippen LogP contribution < -0.4 is 13.8 Å². The standard InChI is InChI=1S/C23H23FN2O2S.C7H4ClF3/c1-27-19-11-9-18(21(14-19)28-2)15-26(23-8-4-7-22(24)25-23)29-20-12-10-16-5-3-6-17(16)13-20;8-6-3-1-2-5(4-6)7(9,10)11/h4,7-14H,3,5-6,15H2,1-2H3;1-4H. The molecular weight excluding hydrogens is 564 g/mol. The average molecular weight is 591 g/mol. The Bertz CT molecular complexity index is 1450. The quantitative estimate of drug-likeness (QED) is 0.122. The van der Waals surface area contributed by atoms with E-state index in [4.69, 9.17) is 21.1 Å². The van der Waals surface area contributed by atoms with Gasteiger partial charge in [-0.2, -0.15) is 17.6 Å². The molecule has 0 saturated heterocycles. The first-order valence-corrected chi connectivity index (χ1v) is 13.5. The third kappa shape index (κ3) is 7.82. The minimum atomic E-state index is -4.30. The number of aromatic nitrogens is 1. The summed E-state index contributed by atoms with van der Waals surface area (Å²) < 4.78 is 62.4. The number of ether oxygens (including phenoxy) is 2. The van der Waals surface area contributed by atoms with E-state index < -0.39 is 17.7 Å². The summed E-state index contributed by atoms with van der Waals surface area (Å²) in [7, 11) is 3.26. The first-order valence-electron chi connectivity index (χ1n) is 12.4. The average Bonchev–Trinajstić information content (AvgIpc) is 3.41. The van der Waals surface area contributed by atoms with E-state index in [2.05, 4.69) is 23.2 Å². The van der Waals surface area contributed by atoms with Crippen LogP contribution in [0.25, 0.3) is 0 Å². The smallest absolute Gasteiger partial charge is 0.416 e. The summed E-state index contributed by atoms with van der Waals surface area (Å²) in [6.45, 7) is 0.505. The van der Waals surface area contributed by atoms with Crippen molar-refractivity contribution in [3.63, 3.8) is 0 Å². The van der Waals surface area contributed by atoms with Crippen LogP contribution in [0.3, 0.4) is 0 Å². The predicted octanol–water partition coefficient (Wildman–Crippen LogP) is 8.80. The van der Waals surface area contributed by atoms with Crippen LogP contribution in [-0.2, 0) is 25.6 Å². The first kappa shape index (κ1) is 29.6. The first-order chi connectivity index (χ1) is 19.2. The Labute approximate surface area is 240 Å². The summed E-state index contributed by atoms with van der Waals surface area (Å²) in [6.07, 6.45) is -0.820. The van der Waals surface area contributed by atoms with Crippen LogP contribution in [0.2, 0.25) is 5.02 Å². The molecule has 1 aliphatic rings. The monoisotopic (exact) mass is 590 g/mol. The number of nitrogens with zero attached hydrogens (tertiary/aromatic N) is 2. The zero-order chi connectivity index (χ0) is 28.7. The fourth-order valence-electron chi connectivity index (χ4n) is 4.23. The van der Waals surface area contributed by atoms with Gasteiger partial charge in [0, 0.05) is 21.5 Å². The van der Waals surface area contributed by atoms with Gasteiger partial charge in [-0.05, 0) is 96.9 Å². The molecular formula is C30H27ClF4N2O2S. The lowest BCUT2D eigenvalue weighted by Crippen LogP contribution is -2.16. The van der Waals surface area contributed by atoms with Crippen molar-refractivity contribution in [1.29, 1.82) is 0 Å². The summed E-state index contributed by atoms with van der Waals surface area (Å²) in [6, 6.07) is 21.7. The molecule has 0 unspecified atom stereocenters. The second-order valence-electron chi connectivity index (χ2n) is 8.92. The summed E-state index contributed by atoms with van der Waals surface area (Å²) in [5.74, 6) is 1.52. The van der Waals surface area contributed by atoms with Gasteiger partial charge in [-0.25, -0.2) is 4.98 Å². The SMILES string of the molecule is COc1ccc(CN(Sc2ccc3c(c2)CCC3)c2cccc(F)n2)c(OC)c1.FC(F)(F)c1cccc(Cl)c1. The molecule has 4 nitrogen and oxygen atoms in total. The Hall–Kier alpha value is -3.43. The summed E-state index contributed by atoms with van der Waals surface area (Å²) in [4.78, 5) is 5.22. The highest BCUT2D eigenvalue weighted by molar-refractivity contribution is 8.00. The van der Waals surface area contributed by atoms with Gasteiger partial charge in [0.1, 0.15) is 17.3 Å². The van der Waals surface area contributed by atoms with Gasteiger partial charge >= 0.3 is 6.18 Å². The Morgan fingerprint density at radius 1 is 0.900 bits per heavy atom. The number of methoxy groups -OCH3 is 2. The lowest BCUT2D eigenvalue weighted by Gasteiger charge is -2.24. The van der Waals surface area contributed by atoms with E-state index in [1.807, 2.05) is 28.6 Å². The van der Waals surface area contributed by atoms with Gasteiger partial charge < -0.3 is 9.47 Å². The molecule has 0 amide bonds. The van der Waals surface area contributed by atoms with Gasteiger partial charge in [0.15, 0.2) is 0 Å². The van der Waals surface area contributed by atoms with Gasteiger partial charge in [-0.1, -0.05) is 29.8 Å². The molecule has 0 saturated carbocycles. The van der Waals surface area contributed by atoms with Gasteiger partial charge in [0.05, 0.1) is 26.3 Å². The number of benzene rings is 3. The number of halogens is 5. The number of fused-ring (bicyclic) bond motifs is 1. The summed E-state index contributed by atoms with van der Waals surface area (Å²) in [5, 5.41) is 0.0971. The Morgan fingerprint density at radius 3 is 2.35 bits per heavy atom. The van der Waals surface area contributed by atoms with Gasteiger partial charge in [-0.15, -0.1) is 0 Å². The van der Waals surface area contributed by atoms with Gasteiger partial charge in [0.25, 0.3) is 0 Å². The number of alkyl halides is 3. The summed E-state index contributed by atoms with van der Waals surface area (Å²) in [5.41, 5.74) is 3.09. The van der Waals surface area contributed by atoms with Crippen molar-refractivity contribution >= 4 is 29.4 Å².